The molecule has 4 rings (SSSR count). The summed E-state index contributed by atoms with van der Waals surface area (Å²) in [4.78, 5) is 17.4. The number of fused-ring (bicyclic) bond motifs is 2. The zero-order valence-corrected chi connectivity index (χ0v) is 13.2. The average Bonchev–Trinajstić information content (AvgIpc) is 3.27. The fourth-order valence-electron chi connectivity index (χ4n) is 3.94. The van der Waals surface area contributed by atoms with Gasteiger partial charge in [0.2, 0.25) is 5.89 Å². The molecule has 2 aromatic rings. The number of nitrogens with zero attached hydrogens (tertiary/aromatic N) is 1. The van der Waals surface area contributed by atoms with E-state index in [2.05, 4.69) is 4.98 Å². The second kappa shape index (κ2) is 5.88. The van der Waals surface area contributed by atoms with Crippen LogP contribution in [0, 0.1) is 17.8 Å². The van der Waals surface area contributed by atoms with Crippen molar-refractivity contribution in [1.29, 1.82) is 0 Å². The highest BCUT2D eigenvalue weighted by Crippen LogP contribution is 2.49. The van der Waals surface area contributed by atoms with Crippen molar-refractivity contribution in [2.45, 2.75) is 38.7 Å². The summed E-state index contributed by atoms with van der Waals surface area (Å²) in [7, 11) is 0. The molecule has 0 saturated heterocycles. The lowest BCUT2D eigenvalue weighted by molar-refractivity contribution is -0.146. The predicted molar refractivity (Wildman–Crippen MR) is 83.2 cm³/mol. The lowest BCUT2D eigenvalue weighted by atomic mass is 9.86. The highest BCUT2D eigenvalue weighted by Gasteiger charge is 2.40. The zero-order chi connectivity index (χ0) is 14.9. The standard InChI is InChI=1S/C17H19NO3S/c19-16(8-13-7-11-3-4-12(13)6-11)20-9-14-10-21-17(18-14)15-2-1-5-22-15/h1-2,5,10-13H,3-4,6-9H2/t11-,12+,13+/m0/s1. The van der Waals surface area contributed by atoms with E-state index in [0.29, 0.717) is 23.9 Å². The molecule has 0 spiro atoms. The van der Waals surface area contributed by atoms with Gasteiger partial charge in [0, 0.05) is 6.42 Å². The minimum absolute atomic E-state index is 0.0989. The molecule has 2 bridgehead atoms. The molecule has 0 amide bonds. The largest absolute Gasteiger partial charge is 0.459 e. The maximum Gasteiger partial charge on any atom is 0.306 e. The Balaban J connectivity index is 1.28. The number of thiophene rings is 1. The Kier molecular flexibility index (Phi) is 3.74. The summed E-state index contributed by atoms with van der Waals surface area (Å²) < 4.78 is 10.8. The molecule has 116 valence electrons. The fourth-order valence-corrected chi connectivity index (χ4v) is 4.60. The molecule has 22 heavy (non-hydrogen) atoms. The van der Waals surface area contributed by atoms with Crippen LogP contribution < -0.4 is 0 Å². The third-order valence-corrected chi connectivity index (χ3v) is 5.84. The van der Waals surface area contributed by atoms with E-state index in [-0.39, 0.29) is 12.6 Å². The lowest BCUT2D eigenvalue weighted by Crippen LogP contribution is -2.17. The number of hydrogen-bond acceptors (Lipinski definition) is 5. The fraction of sp³-hybridized carbons (Fsp3) is 0.529. The first-order valence-corrected chi connectivity index (χ1v) is 8.80. The Bertz CT molecular complexity index is 649. The van der Waals surface area contributed by atoms with E-state index in [1.54, 1.807) is 17.6 Å². The maximum absolute atomic E-state index is 12.0. The Morgan fingerprint density at radius 1 is 1.41 bits per heavy atom. The molecule has 2 aromatic heterocycles. The van der Waals surface area contributed by atoms with Crippen molar-refractivity contribution in [1.82, 2.24) is 4.98 Å². The lowest BCUT2D eigenvalue weighted by Gasteiger charge is -2.20. The molecular formula is C17H19NO3S. The van der Waals surface area contributed by atoms with Gasteiger partial charge in [0.25, 0.3) is 0 Å². The van der Waals surface area contributed by atoms with Crippen molar-refractivity contribution in [2.24, 2.45) is 17.8 Å². The highest BCUT2D eigenvalue weighted by molar-refractivity contribution is 7.13. The van der Waals surface area contributed by atoms with Crippen molar-refractivity contribution < 1.29 is 13.9 Å². The zero-order valence-electron chi connectivity index (χ0n) is 12.4. The van der Waals surface area contributed by atoms with Gasteiger partial charge in [-0.25, -0.2) is 4.98 Å². The first-order valence-electron chi connectivity index (χ1n) is 7.92. The average molecular weight is 317 g/mol. The summed E-state index contributed by atoms with van der Waals surface area (Å²) in [6, 6.07) is 3.92. The van der Waals surface area contributed by atoms with Crippen molar-refractivity contribution >= 4 is 17.3 Å². The number of ether oxygens (including phenoxy) is 1. The van der Waals surface area contributed by atoms with E-state index in [1.165, 1.54) is 25.7 Å². The number of rotatable bonds is 5. The molecule has 0 aliphatic heterocycles. The summed E-state index contributed by atoms with van der Waals surface area (Å²) in [5, 5.41) is 1.98. The Hall–Kier alpha value is -1.62. The first kappa shape index (κ1) is 14.0. The minimum Gasteiger partial charge on any atom is -0.459 e. The highest BCUT2D eigenvalue weighted by atomic mass is 32.1. The van der Waals surface area contributed by atoms with Gasteiger partial charge < -0.3 is 9.15 Å². The van der Waals surface area contributed by atoms with E-state index in [9.17, 15) is 4.79 Å². The van der Waals surface area contributed by atoms with E-state index in [0.717, 1.165) is 16.7 Å². The summed E-state index contributed by atoms with van der Waals surface area (Å²) in [5.41, 5.74) is 0.671. The van der Waals surface area contributed by atoms with Gasteiger partial charge in [0.1, 0.15) is 18.6 Å². The molecule has 2 aliphatic carbocycles. The van der Waals surface area contributed by atoms with Crippen LogP contribution in [-0.2, 0) is 16.1 Å². The summed E-state index contributed by atoms with van der Waals surface area (Å²) >= 11 is 1.58. The van der Waals surface area contributed by atoms with Crippen LogP contribution in [0.25, 0.3) is 10.8 Å². The third-order valence-electron chi connectivity index (χ3n) is 4.98. The van der Waals surface area contributed by atoms with Crippen LogP contribution in [0.1, 0.15) is 37.8 Å². The topological polar surface area (TPSA) is 52.3 Å². The van der Waals surface area contributed by atoms with Crippen LogP contribution >= 0.6 is 11.3 Å². The number of oxazole rings is 1. The molecule has 2 saturated carbocycles. The van der Waals surface area contributed by atoms with Gasteiger partial charge in [-0.1, -0.05) is 12.5 Å². The molecule has 2 heterocycles. The number of hydrogen-bond donors (Lipinski definition) is 0. The molecule has 0 radical (unpaired) electrons. The second-order valence-corrected chi connectivity index (χ2v) is 7.37. The molecule has 3 atom stereocenters. The van der Waals surface area contributed by atoms with Crippen molar-refractivity contribution in [3.05, 3.63) is 29.5 Å². The summed E-state index contributed by atoms with van der Waals surface area (Å²) in [5.74, 6) is 2.67. The Labute approximate surface area is 133 Å². The van der Waals surface area contributed by atoms with Gasteiger partial charge in [-0.3, -0.25) is 4.79 Å². The van der Waals surface area contributed by atoms with Crippen molar-refractivity contribution in [3.8, 4) is 10.8 Å². The molecule has 2 fully saturated rings. The molecule has 5 heteroatoms. The Morgan fingerprint density at radius 3 is 3.09 bits per heavy atom. The van der Waals surface area contributed by atoms with Gasteiger partial charge >= 0.3 is 5.97 Å². The number of aromatic nitrogens is 1. The van der Waals surface area contributed by atoms with Gasteiger partial charge in [-0.2, -0.15) is 0 Å². The maximum atomic E-state index is 12.0. The van der Waals surface area contributed by atoms with Crippen molar-refractivity contribution in [3.63, 3.8) is 0 Å². The van der Waals surface area contributed by atoms with Gasteiger partial charge in [-0.15, -0.1) is 11.3 Å². The molecule has 0 unspecified atom stereocenters. The second-order valence-electron chi connectivity index (χ2n) is 6.42. The van der Waals surface area contributed by atoms with E-state index in [1.807, 2.05) is 17.5 Å². The van der Waals surface area contributed by atoms with Gasteiger partial charge in [0.05, 0.1) is 4.88 Å². The monoisotopic (exact) mass is 317 g/mol. The quantitative estimate of drug-likeness (QED) is 0.773. The third kappa shape index (κ3) is 2.82. The number of esters is 1. The number of carbonyl (C=O) groups excluding carboxylic acids is 1. The number of carbonyl (C=O) groups is 1. The smallest absolute Gasteiger partial charge is 0.306 e. The predicted octanol–water partition coefficient (Wildman–Crippen LogP) is 4.27. The SMILES string of the molecule is O=C(C[C@H]1C[C@H]2CC[C@@H]1C2)OCc1coc(-c2cccs2)n1. The van der Waals surface area contributed by atoms with Crippen LogP contribution in [0.2, 0.25) is 0 Å². The molecular weight excluding hydrogens is 298 g/mol. The van der Waals surface area contributed by atoms with E-state index < -0.39 is 0 Å². The normalized spacial score (nSPS) is 26.5. The molecule has 2 aliphatic rings. The molecule has 0 aromatic carbocycles. The van der Waals surface area contributed by atoms with E-state index >= 15 is 0 Å². The van der Waals surface area contributed by atoms with Crippen LogP contribution in [0.5, 0.6) is 0 Å². The van der Waals surface area contributed by atoms with Gasteiger partial charge in [-0.05, 0) is 48.5 Å². The van der Waals surface area contributed by atoms with Crippen LogP contribution in [0.15, 0.2) is 28.2 Å². The molecule has 4 nitrogen and oxygen atoms in total. The van der Waals surface area contributed by atoms with Crippen LogP contribution in [0.4, 0.5) is 0 Å². The van der Waals surface area contributed by atoms with E-state index in [4.69, 9.17) is 9.15 Å². The minimum atomic E-state index is -0.0989. The Morgan fingerprint density at radius 2 is 2.36 bits per heavy atom. The van der Waals surface area contributed by atoms with Gasteiger partial charge in [0.15, 0.2) is 0 Å². The molecule has 0 N–H and O–H groups in total. The summed E-state index contributed by atoms with van der Waals surface area (Å²) in [6.07, 6.45) is 7.34. The van der Waals surface area contributed by atoms with Crippen molar-refractivity contribution in [2.75, 3.05) is 0 Å². The van der Waals surface area contributed by atoms with Crippen LogP contribution in [0.3, 0.4) is 0 Å². The summed E-state index contributed by atoms with van der Waals surface area (Å²) in [6.45, 7) is 0.203. The first-order chi connectivity index (χ1) is 10.8. The van der Waals surface area contributed by atoms with Crippen LogP contribution in [-0.4, -0.2) is 11.0 Å².